The average molecular weight is 224 g/mol. The number of ether oxygens (including phenoxy) is 2. The average Bonchev–Trinajstić information content (AvgIpc) is 2.70. The molecule has 0 saturated heterocycles. The highest BCUT2D eigenvalue weighted by Crippen LogP contribution is 2.33. The normalized spacial score (nSPS) is 21.7. The first-order chi connectivity index (χ1) is 7.63. The summed E-state index contributed by atoms with van der Waals surface area (Å²) in [6, 6.07) is 0. The summed E-state index contributed by atoms with van der Waals surface area (Å²) >= 11 is 0. The highest BCUT2D eigenvalue weighted by atomic mass is 16.5. The van der Waals surface area contributed by atoms with Crippen LogP contribution in [0.4, 0.5) is 0 Å². The van der Waals surface area contributed by atoms with Crippen molar-refractivity contribution in [2.45, 2.75) is 39.3 Å². The van der Waals surface area contributed by atoms with Gasteiger partial charge in [0.2, 0.25) is 5.88 Å². The van der Waals surface area contributed by atoms with Crippen LogP contribution < -0.4 is 4.74 Å². The molecule has 0 aromatic carbocycles. The molecule has 90 valence electrons. The monoisotopic (exact) mass is 224 g/mol. The lowest BCUT2D eigenvalue weighted by Crippen LogP contribution is -2.32. The maximum Gasteiger partial charge on any atom is 0.215 e. The summed E-state index contributed by atoms with van der Waals surface area (Å²) in [4.78, 5) is 0. The molecule has 1 aromatic rings. The van der Waals surface area contributed by atoms with Gasteiger partial charge in [-0.15, -0.1) is 0 Å². The summed E-state index contributed by atoms with van der Waals surface area (Å²) < 4.78 is 12.9. The van der Waals surface area contributed by atoms with Gasteiger partial charge >= 0.3 is 0 Å². The molecule has 1 aliphatic heterocycles. The molecule has 4 nitrogen and oxygen atoms in total. The summed E-state index contributed by atoms with van der Waals surface area (Å²) in [5.74, 6) is 2.00. The van der Waals surface area contributed by atoms with E-state index in [1.165, 1.54) is 5.56 Å². The van der Waals surface area contributed by atoms with Gasteiger partial charge in [-0.3, -0.25) is 0 Å². The molecule has 1 aromatic heterocycles. The molecule has 0 spiro atoms. The Morgan fingerprint density at radius 2 is 2.25 bits per heavy atom. The van der Waals surface area contributed by atoms with Gasteiger partial charge in [-0.2, -0.15) is 5.10 Å². The number of methoxy groups -OCH3 is 1. The molecule has 4 heteroatoms. The van der Waals surface area contributed by atoms with Crippen LogP contribution in [0.1, 0.15) is 32.3 Å². The molecule has 2 atom stereocenters. The Morgan fingerprint density at radius 1 is 1.50 bits per heavy atom. The lowest BCUT2D eigenvalue weighted by molar-refractivity contribution is 0.0172. The summed E-state index contributed by atoms with van der Waals surface area (Å²) in [7, 11) is 1.71. The second-order valence-corrected chi connectivity index (χ2v) is 4.79. The number of nitrogens with zero attached hydrogens (tertiary/aromatic N) is 2. The maximum atomic E-state index is 5.74. The molecule has 2 unspecified atom stereocenters. The zero-order valence-corrected chi connectivity index (χ0v) is 10.4. The van der Waals surface area contributed by atoms with Gasteiger partial charge in [0.05, 0.1) is 12.7 Å². The minimum atomic E-state index is 0.120. The van der Waals surface area contributed by atoms with Crippen molar-refractivity contribution in [1.82, 2.24) is 9.78 Å². The second kappa shape index (κ2) is 4.45. The van der Waals surface area contributed by atoms with Gasteiger partial charge in [0.1, 0.15) is 12.7 Å². The van der Waals surface area contributed by atoms with Gasteiger partial charge in [-0.25, -0.2) is 4.68 Å². The van der Waals surface area contributed by atoms with E-state index < -0.39 is 0 Å². The fraction of sp³-hybridized carbons (Fsp3) is 0.750. The van der Waals surface area contributed by atoms with Crippen molar-refractivity contribution in [3.05, 3.63) is 11.8 Å². The minimum Gasteiger partial charge on any atom is -0.475 e. The quantitative estimate of drug-likeness (QED) is 0.788. The molecule has 0 saturated carbocycles. The number of fused-ring (bicyclic) bond motifs is 1. The first-order valence-corrected chi connectivity index (χ1v) is 5.84. The third-order valence-electron chi connectivity index (χ3n) is 3.42. The van der Waals surface area contributed by atoms with Crippen molar-refractivity contribution in [3.8, 4) is 5.88 Å². The van der Waals surface area contributed by atoms with Gasteiger partial charge in [-0.1, -0.05) is 20.8 Å². The largest absolute Gasteiger partial charge is 0.475 e. The van der Waals surface area contributed by atoms with Crippen LogP contribution in [0.5, 0.6) is 5.88 Å². The van der Waals surface area contributed by atoms with Gasteiger partial charge in [0.15, 0.2) is 0 Å². The van der Waals surface area contributed by atoms with E-state index in [0.717, 1.165) is 12.4 Å². The molecule has 0 N–H and O–H groups in total. The molecule has 2 heterocycles. The SMILES string of the molecule is COC1COc2c(C(C)C(C)C)cnn2C1. The van der Waals surface area contributed by atoms with Crippen molar-refractivity contribution in [2.24, 2.45) is 5.92 Å². The molecular formula is C12H20N2O2. The Morgan fingerprint density at radius 3 is 2.88 bits per heavy atom. The Balaban J connectivity index is 2.22. The van der Waals surface area contributed by atoms with E-state index in [4.69, 9.17) is 9.47 Å². The van der Waals surface area contributed by atoms with Crippen molar-refractivity contribution >= 4 is 0 Å². The Kier molecular flexibility index (Phi) is 3.19. The molecule has 0 aliphatic carbocycles. The number of aromatic nitrogens is 2. The Hall–Kier alpha value is -1.03. The molecular weight excluding hydrogens is 204 g/mol. The highest BCUT2D eigenvalue weighted by molar-refractivity contribution is 5.29. The predicted octanol–water partition coefficient (Wildman–Crippen LogP) is 2.05. The van der Waals surface area contributed by atoms with E-state index in [-0.39, 0.29) is 6.10 Å². The second-order valence-electron chi connectivity index (χ2n) is 4.79. The van der Waals surface area contributed by atoms with Crippen molar-refractivity contribution in [3.63, 3.8) is 0 Å². The fourth-order valence-electron chi connectivity index (χ4n) is 1.91. The fourth-order valence-corrected chi connectivity index (χ4v) is 1.91. The van der Waals surface area contributed by atoms with Crippen LogP contribution in [0, 0.1) is 5.92 Å². The van der Waals surface area contributed by atoms with Crippen LogP contribution in [0.3, 0.4) is 0 Å². The lowest BCUT2D eigenvalue weighted by Gasteiger charge is -2.25. The zero-order valence-electron chi connectivity index (χ0n) is 10.4. The molecule has 0 radical (unpaired) electrons. The van der Waals surface area contributed by atoms with E-state index in [1.54, 1.807) is 7.11 Å². The van der Waals surface area contributed by atoms with Crippen LogP contribution in [-0.4, -0.2) is 29.6 Å². The van der Waals surface area contributed by atoms with Gasteiger partial charge < -0.3 is 9.47 Å². The van der Waals surface area contributed by atoms with Crippen molar-refractivity contribution in [2.75, 3.05) is 13.7 Å². The third-order valence-corrected chi connectivity index (χ3v) is 3.42. The summed E-state index contributed by atoms with van der Waals surface area (Å²) in [5.41, 5.74) is 1.21. The van der Waals surface area contributed by atoms with Crippen LogP contribution in [-0.2, 0) is 11.3 Å². The van der Waals surface area contributed by atoms with Gasteiger partial charge in [0.25, 0.3) is 0 Å². The van der Waals surface area contributed by atoms with Gasteiger partial charge in [-0.05, 0) is 11.8 Å². The van der Waals surface area contributed by atoms with E-state index >= 15 is 0 Å². The molecule has 2 rings (SSSR count). The van der Waals surface area contributed by atoms with E-state index in [9.17, 15) is 0 Å². The van der Waals surface area contributed by atoms with Crippen LogP contribution in [0.15, 0.2) is 6.20 Å². The Labute approximate surface area is 96.5 Å². The highest BCUT2D eigenvalue weighted by Gasteiger charge is 2.26. The number of hydrogen-bond acceptors (Lipinski definition) is 3. The first-order valence-electron chi connectivity index (χ1n) is 5.84. The topological polar surface area (TPSA) is 36.3 Å². The van der Waals surface area contributed by atoms with Crippen LogP contribution in [0.2, 0.25) is 0 Å². The zero-order chi connectivity index (χ0) is 11.7. The molecule has 0 bridgehead atoms. The predicted molar refractivity (Wildman–Crippen MR) is 61.8 cm³/mol. The smallest absolute Gasteiger partial charge is 0.215 e. The van der Waals surface area contributed by atoms with Crippen LogP contribution in [0.25, 0.3) is 0 Å². The third kappa shape index (κ3) is 1.94. The van der Waals surface area contributed by atoms with Gasteiger partial charge in [0, 0.05) is 12.7 Å². The van der Waals surface area contributed by atoms with E-state index in [1.807, 2.05) is 10.9 Å². The maximum absolute atomic E-state index is 5.74. The molecule has 0 amide bonds. The molecule has 1 aliphatic rings. The Bertz CT molecular complexity index is 360. The summed E-state index contributed by atoms with van der Waals surface area (Å²) in [6.07, 6.45) is 2.05. The molecule has 16 heavy (non-hydrogen) atoms. The summed E-state index contributed by atoms with van der Waals surface area (Å²) in [5, 5.41) is 4.37. The van der Waals surface area contributed by atoms with Crippen molar-refractivity contribution in [1.29, 1.82) is 0 Å². The standard InChI is InChI=1S/C12H20N2O2/c1-8(2)9(3)11-5-13-14-6-10(15-4)7-16-12(11)14/h5,8-10H,6-7H2,1-4H3. The van der Waals surface area contributed by atoms with Crippen molar-refractivity contribution < 1.29 is 9.47 Å². The van der Waals surface area contributed by atoms with E-state index in [0.29, 0.717) is 18.4 Å². The minimum absolute atomic E-state index is 0.120. The number of rotatable bonds is 3. The van der Waals surface area contributed by atoms with E-state index in [2.05, 4.69) is 25.9 Å². The van der Waals surface area contributed by atoms with Crippen LogP contribution >= 0.6 is 0 Å². The molecule has 0 fully saturated rings. The first kappa shape index (κ1) is 11.5. The summed E-state index contributed by atoms with van der Waals surface area (Å²) in [6.45, 7) is 8.07. The lowest BCUT2D eigenvalue weighted by atomic mass is 9.92. The number of hydrogen-bond donors (Lipinski definition) is 0.